The van der Waals surface area contributed by atoms with E-state index in [0.717, 1.165) is 36.6 Å². The molecule has 1 amide bonds. The van der Waals surface area contributed by atoms with E-state index in [1.807, 2.05) is 31.3 Å². The molecule has 1 saturated heterocycles. The molecule has 0 spiro atoms. The largest absolute Gasteiger partial charge is 0.509 e. The van der Waals surface area contributed by atoms with Gasteiger partial charge in [-0.1, -0.05) is 42.8 Å². The second-order valence-electron chi connectivity index (χ2n) is 7.24. The van der Waals surface area contributed by atoms with Crippen LogP contribution in [0.3, 0.4) is 0 Å². The molecule has 0 saturated carbocycles. The van der Waals surface area contributed by atoms with Crippen LogP contribution in [0.25, 0.3) is 26.9 Å². The summed E-state index contributed by atoms with van der Waals surface area (Å²) in [4.78, 5) is 18.2. The lowest BCUT2D eigenvalue weighted by Crippen LogP contribution is -2.44. The summed E-state index contributed by atoms with van der Waals surface area (Å²) >= 11 is 0. The van der Waals surface area contributed by atoms with Gasteiger partial charge in [0.2, 0.25) is 5.91 Å². The number of aromatic hydroxyl groups is 1. The van der Waals surface area contributed by atoms with E-state index in [0.29, 0.717) is 22.8 Å². The monoisotopic (exact) mass is 387 g/mol. The number of rotatable bonds is 3. The number of likely N-dealkylation sites (N-methyl/N-ethyl adjacent to an activating group) is 1. The van der Waals surface area contributed by atoms with Gasteiger partial charge in [-0.15, -0.1) is 10.2 Å². The van der Waals surface area contributed by atoms with Crippen LogP contribution in [0, 0.1) is 6.57 Å². The first kappa shape index (κ1) is 18.8. The molecule has 1 aromatic heterocycles. The van der Waals surface area contributed by atoms with E-state index >= 15 is 0 Å². The van der Waals surface area contributed by atoms with E-state index in [1.54, 1.807) is 12.1 Å². The quantitative estimate of drug-likeness (QED) is 0.665. The van der Waals surface area contributed by atoms with E-state index < -0.39 is 0 Å². The lowest BCUT2D eigenvalue weighted by atomic mass is 10.0. The summed E-state index contributed by atoms with van der Waals surface area (Å²) in [6, 6.07) is 12.0. The molecular weight excluding hydrogens is 366 g/mol. The summed E-state index contributed by atoms with van der Waals surface area (Å²) in [5, 5.41) is 23.4. The van der Waals surface area contributed by atoms with E-state index in [2.05, 4.69) is 25.3 Å². The number of carbonyl (C=O) groups is 1. The molecule has 2 heterocycles. The van der Waals surface area contributed by atoms with Gasteiger partial charge in [0.1, 0.15) is 11.4 Å². The van der Waals surface area contributed by atoms with Crippen molar-refractivity contribution in [2.75, 3.05) is 18.9 Å². The molecule has 29 heavy (non-hydrogen) atoms. The minimum absolute atomic E-state index is 0.0291. The molecule has 0 bridgehead atoms. The molecule has 3 aromatic rings. The van der Waals surface area contributed by atoms with Crippen molar-refractivity contribution in [2.24, 2.45) is 0 Å². The number of nitrogens with zero attached hydrogens (tertiary/aromatic N) is 4. The number of anilines is 1. The van der Waals surface area contributed by atoms with Gasteiger partial charge in [-0.2, -0.15) is 0 Å². The second kappa shape index (κ2) is 7.86. The molecule has 4 rings (SSSR count). The van der Waals surface area contributed by atoms with Crippen LogP contribution in [-0.4, -0.2) is 45.7 Å². The molecule has 0 radical (unpaired) electrons. The highest BCUT2D eigenvalue weighted by Gasteiger charge is 2.27. The highest BCUT2D eigenvalue weighted by Crippen LogP contribution is 2.36. The third kappa shape index (κ3) is 3.62. The number of amides is 1. The first-order chi connectivity index (χ1) is 14.1. The van der Waals surface area contributed by atoms with Crippen molar-refractivity contribution >= 4 is 28.2 Å². The summed E-state index contributed by atoms with van der Waals surface area (Å²) in [5.74, 6) is 0.299. The minimum atomic E-state index is -0.172. The SMILES string of the molecule is [C-]#[N+]c1ccc(-c2nnc(NC(=O)[C@@H]3CCCCN3C)c3ccccc23)c(O)c1. The Morgan fingerprint density at radius 2 is 2.00 bits per heavy atom. The molecule has 0 unspecified atom stereocenters. The van der Waals surface area contributed by atoms with Gasteiger partial charge in [-0.05, 0) is 32.5 Å². The predicted octanol–water partition coefficient (Wildman–Crippen LogP) is 3.98. The molecule has 1 aliphatic heterocycles. The third-order valence-corrected chi connectivity index (χ3v) is 5.37. The van der Waals surface area contributed by atoms with Crippen molar-refractivity contribution in [1.82, 2.24) is 15.1 Å². The fourth-order valence-corrected chi connectivity index (χ4v) is 3.79. The lowest BCUT2D eigenvalue weighted by Gasteiger charge is -2.31. The zero-order chi connectivity index (χ0) is 20.4. The Morgan fingerprint density at radius 1 is 1.21 bits per heavy atom. The van der Waals surface area contributed by atoms with Crippen LogP contribution >= 0.6 is 0 Å². The number of phenolic OH excluding ortho intramolecular Hbond substituents is 1. The Labute approximate surface area is 168 Å². The second-order valence-corrected chi connectivity index (χ2v) is 7.24. The van der Waals surface area contributed by atoms with E-state index in [-0.39, 0.29) is 17.7 Å². The summed E-state index contributed by atoms with van der Waals surface area (Å²) in [6.45, 7) is 7.99. The van der Waals surface area contributed by atoms with Crippen molar-refractivity contribution in [2.45, 2.75) is 25.3 Å². The Morgan fingerprint density at radius 3 is 2.72 bits per heavy atom. The average molecular weight is 387 g/mol. The van der Waals surface area contributed by atoms with Gasteiger partial charge in [0.25, 0.3) is 0 Å². The Hall–Kier alpha value is -3.50. The zero-order valence-electron chi connectivity index (χ0n) is 16.1. The van der Waals surface area contributed by atoms with Crippen molar-refractivity contribution in [3.8, 4) is 17.0 Å². The Balaban J connectivity index is 1.73. The molecule has 7 nitrogen and oxygen atoms in total. The van der Waals surface area contributed by atoms with Crippen LogP contribution in [0.1, 0.15) is 19.3 Å². The highest BCUT2D eigenvalue weighted by atomic mass is 16.3. The van der Waals surface area contributed by atoms with Gasteiger partial charge in [-0.3, -0.25) is 9.69 Å². The van der Waals surface area contributed by atoms with Crippen LogP contribution in [0.2, 0.25) is 0 Å². The van der Waals surface area contributed by atoms with Crippen LogP contribution in [0.5, 0.6) is 5.75 Å². The van der Waals surface area contributed by atoms with Crippen LogP contribution in [0.4, 0.5) is 11.5 Å². The number of benzene rings is 2. The maximum absolute atomic E-state index is 12.8. The highest BCUT2D eigenvalue weighted by molar-refractivity contribution is 6.06. The van der Waals surface area contributed by atoms with Crippen molar-refractivity contribution < 1.29 is 9.90 Å². The maximum atomic E-state index is 12.8. The van der Waals surface area contributed by atoms with Crippen LogP contribution in [0.15, 0.2) is 42.5 Å². The fourth-order valence-electron chi connectivity index (χ4n) is 3.79. The Bertz CT molecular complexity index is 1120. The lowest BCUT2D eigenvalue weighted by molar-refractivity contribution is -0.121. The van der Waals surface area contributed by atoms with Crippen molar-refractivity contribution in [1.29, 1.82) is 0 Å². The number of hydrogen-bond donors (Lipinski definition) is 2. The van der Waals surface area contributed by atoms with E-state index in [9.17, 15) is 9.90 Å². The standard InChI is InChI=1S/C22H21N5O2/c1-23-14-10-11-17(19(28)13-14)20-15-7-3-4-8-16(15)21(26-25-20)24-22(29)18-9-5-6-12-27(18)2/h3-4,7-8,10-11,13,18,28H,5-6,9,12H2,2H3,(H,24,26,29)/t18-/m0/s1. The molecule has 0 aliphatic carbocycles. The van der Waals surface area contributed by atoms with Crippen molar-refractivity contribution in [3.05, 3.63) is 53.9 Å². The first-order valence-corrected chi connectivity index (χ1v) is 9.56. The van der Waals surface area contributed by atoms with Gasteiger partial charge < -0.3 is 10.4 Å². The summed E-state index contributed by atoms with van der Waals surface area (Å²) in [5.41, 5.74) is 1.34. The number of hydrogen-bond acceptors (Lipinski definition) is 5. The number of fused-ring (bicyclic) bond motifs is 1. The minimum Gasteiger partial charge on any atom is -0.509 e. The van der Waals surface area contributed by atoms with Gasteiger partial charge in [0.05, 0.1) is 12.6 Å². The maximum Gasteiger partial charge on any atom is 0.242 e. The van der Waals surface area contributed by atoms with Gasteiger partial charge in [0.15, 0.2) is 11.5 Å². The average Bonchev–Trinajstić information content (AvgIpc) is 2.74. The summed E-state index contributed by atoms with van der Waals surface area (Å²) < 4.78 is 0. The van der Waals surface area contributed by atoms with E-state index in [1.165, 1.54) is 6.07 Å². The molecule has 7 heteroatoms. The molecule has 1 atom stereocenters. The number of likely N-dealkylation sites (tertiary alicyclic amines) is 1. The predicted molar refractivity (Wildman–Crippen MR) is 112 cm³/mol. The number of aromatic nitrogens is 2. The van der Waals surface area contributed by atoms with Crippen LogP contribution in [-0.2, 0) is 4.79 Å². The number of nitrogens with one attached hydrogen (secondary N) is 1. The smallest absolute Gasteiger partial charge is 0.242 e. The molecular formula is C22H21N5O2. The molecule has 1 aliphatic rings. The van der Waals surface area contributed by atoms with Gasteiger partial charge >= 0.3 is 0 Å². The molecule has 1 fully saturated rings. The normalized spacial score (nSPS) is 17.0. The first-order valence-electron chi connectivity index (χ1n) is 9.56. The van der Waals surface area contributed by atoms with E-state index in [4.69, 9.17) is 6.57 Å². The zero-order valence-corrected chi connectivity index (χ0v) is 16.1. The van der Waals surface area contributed by atoms with Crippen molar-refractivity contribution in [3.63, 3.8) is 0 Å². The van der Waals surface area contributed by atoms with Gasteiger partial charge in [0, 0.05) is 16.3 Å². The summed E-state index contributed by atoms with van der Waals surface area (Å²) in [7, 11) is 1.96. The topological polar surface area (TPSA) is 82.7 Å². The molecule has 2 aromatic carbocycles. The Kier molecular flexibility index (Phi) is 5.10. The molecule has 146 valence electrons. The molecule has 2 N–H and O–H groups in total. The number of carbonyl (C=O) groups excluding carboxylic acids is 1. The fraction of sp³-hybridized carbons (Fsp3) is 0.273. The number of piperidine rings is 1. The number of phenols is 1. The summed E-state index contributed by atoms with van der Waals surface area (Å²) in [6.07, 6.45) is 2.97. The third-order valence-electron chi connectivity index (χ3n) is 5.37. The van der Waals surface area contributed by atoms with Crippen LogP contribution < -0.4 is 5.32 Å². The van der Waals surface area contributed by atoms with Gasteiger partial charge in [-0.25, -0.2) is 4.85 Å².